The van der Waals surface area contributed by atoms with Gasteiger partial charge in [-0.2, -0.15) is 0 Å². The lowest BCUT2D eigenvalue weighted by molar-refractivity contribution is -0.147. The van der Waals surface area contributed by atoms with E-state index >= 15 is 0 Å². The second-order valence-corrected chi connectivity index (χ2v) is 5.90. The molecule has 2 rings (SSSR count). The number of hydrogen-bond acceptors (Lipinski definition) is 3. The summed E-state index contributed by atoms with van der Waals surface area (Å²) in [5, 5.41) is 9.17. The molecule has 1 aromatic carbocycles. The lowest BCUT2D eigenvalue weighted by Gasteiger charge is -2.20. The SMILES string of the molecule is COc1ccc(CCC(=O)N2CC[C@](C)(C(=O)O)C2)cc1F. The van der Waals surface area contributed by atoms with Crippen molar-refractivity contribution < 1.29 is 23.8 Å². The standard InChI is InChI=1S/C16H20FNO4/c1-16(15(20)21)7-8-18(10-16)14(19)6-4-11-3-5-13(22-2)12(17)9-11/h3,5,9H,4,6-8,10H2,1-2H3,(H,20,21)/t16-/m0/s1. The van der Waals surface area contributed by atoms with Gasteiger partial charge in [0.2, 0.25) is 5.91 Å². The van der Waals surface area contributed by atoms with Gasteiger partial charge in [-0.3, -0.25) is 9.59 Å². The van der Waals surface area contributed by atoms with Crippen LogP contribution in [0.2, 0.25) is 0 Å². The summed E-state index contributed by atoms with van der Waals surface area (Å²) in [7, 11) is 1.40. The zero-order valence-corrected chi connectivity index (χ0v) is 12.8. The average Bonchev–Trinajstić information content (AvgIpc) is 2.89. The van der Waals surface area contributed by atoms with E-state index in [1.54, 1.807) is 17.9 Å². The number of aryl methyl sites for hydroxylation is 1. The van der Waals surface area contributed by atoms with E-state index in [-0.39, 0.29) is 24.6 Å². The van der Waals surface area contributed by atoms with Gasteiger partial charge >= 0.3 is 5.97 Å². The van der Waals surface area contributed by atoms with Crippen LogP contribution in [0.15, 0.2) is 18.2 Å². The molecule has 0 saturated carbocycles. The van der Waals surface area contributed by atoms with Crippen molar-refractivity contribution in [1.29, 1.82) is 0 Å². The molecule has 1 saturated heterocycles. The molecule has 1 heterocycles. The number of carboxylic acids is 1. The number of nitrogens with zero attached hydrogens (tertiary/aromatic N) is 1. The highest BCUT2D eigenvalue weighted by Gasteiger charge is 2.41. The van der Waals surface area contributed by atoms with Crippen molar-refractivity contribution in [2.45, 2.75) is 26.2 Å². The Balaban J connectivity index is 1.91. The molecule has 1 amide bonds. The smallest absolute Gasteiger partial charge is 0.311 e. The van der Waals surface area contributed by atoms with Crippen molar-refractivity contribution in [1.82, 2.24) is 4.90 Å². The molecule has 1 N–H and O–H groups in total. The highest BCUT2D eigenvalue weighted by atomic mass is 19.1. The molecule has 6 heteroatoms. The van der Waals surface area contributed by atoms with Gasteiger partial charge < -0.3 is 14.7 Å². The minimum absolute atomic E-state index is 0.0961. The van der Waals surface area contributed by atoms with E-state index < -0.39 is 17.2 Å². The van der Waals surface area contributed by atoms with Crippen LogP contribution in [0.25, 0.3) is 0 Å². The van der Waals surface area contributed by atoms with Crippen LogP contribution in [0.1, 0.15) is 25.3 Å². The van der Waals surface area contributed by atoms with Gasteiger partial charge in [-0.05, 0) is 37.5 Å². The van der Waals surface area contributed by atoms with Crippen molar-refractivity contribution in [3.63, 3.8) is 0 Å². The fourth-order valence-electron chi connectivity index (χ4n) is 2.62. The number of likely N-dealkylation sites (tertiary alicyclic amines) is 1. The predicted octanol–water partition coefficient (Wildman–Crippen LogP) is 2.09. The van der Waals surface area contributed by atoms with Crippen LogP contribution in [0, 0.1) is 11.2 Å². The quantitative estimate of drug-likeness (QED) is 0.904. The summed E-state index contributed by atoms with van der Waals surface area (Å²) < 4.78 is 18.4. The average molecular weight is 309 g/mol. The van der Waals surface area contributed by atoms with E-state index in [4.69, 9.17) is 9.84 Å². The number of carboxylic acid groups (broad SMARTS) is 1. The molecule has 1 aliphatic heterocycles. The first-order chi connectivity index (χ1) is 10.4. The van der Waals surface area contributed by atoms with Crippen LogP contribution in [0.3, 0.4) is 0 Å². The monoisotopic (exact) mass is 309 g/mol. The highest BCUT2D eigenvalue weighted by molar-refractivity contribution is 5.80. The normalized spacial score (nSPS) is 21.0. The summed E-state index contributed by atoms with van der Waals surface area (Å²) >= 11 is 0. The summed E-state index contributed by atoms with van der Waals surface area (Å²) in [6.45, 7) is 2.35. The van der Waals surface area contributed by atoms with E-state index in [1.165, 1.54) is 19.2 Å². The highest BCUT2D eigenvalue weighted by Crippen LogP contribution is 2.30. The maximum atomic E-state index is 13.6. The molecule has 0 radical (unpaired) electrons. The number of carbonyl (C=O) groups excluding carboxylic acids is 1. The van der Waals surface area contributed by atoms with Crippen molar-refractivity contribution in [3.05, 3.63) is 29.6 Å². The van der Waals surface area contributed by atoms with E-state index in [0.29, 0.717) is 24.9 Å². The van der Waals surface area contributed by atoms with Crippen molar-refractivity contribution in [2.75, 3.05) is 20.2 Å². The van der Waals surface area contributed by atoms with Crippen LogP contribution < -0.4 is 4.74 Å². The van der Waals surface area contributed by atoms with E-state index in [2.05, 4.69) is 0 Å². The van der Waals surface area contributed by atoms with Crippen LogP contribution in [-0.4, -0.2) is 42.1 Å². The third-order valence-electron chi connectivity index (χ3n) is 4.19. The molecule has 1 aromatic rings. The van der Waals surface area contributed by atoms with Gasteiger partial charge in [0, 0.05) is 19.5 Å². The number of amides is 1. The predicted molar refractivity (Wildman–Crippen MR) is 78.2 cm³/mol. The fourth-order valence-corrected chi connectivity index (χ4v) is 2.62. The second-order valence-electron chi connectivity index (χ2n) is 5.90. The van der Waals surface area contributed by atoms with Crippen LogP contribution in [0.4, 0.5) is 4.39 Å². The van der Waals surface area contributed by atoms with Gasteiger partial charge in [-0.15, -0.1) is 0 Å². The minimum atomic E-state index is -0.875. The van der Waals surface area contributed by atoms with Gasteiger partial charge in [0.25, 0.3) is 0 Å². The molecule has 1 aliphatic rings. The number of rotatable bonds is 5. The van der Waals surface area contributed by atoms with Gasteiger partial charge in [0.15, 0.2) is 11.6 Å². The largest absolute Gasteiger partial charge is 0.494 e. The molecular formula is C16H20FNO4. The van der Waals surface area contributed by atoms with Crippen LogP contribution >= 0.6 is 0 Å². The summed E-state index contributed by atoms with van der Waals surface area (Å²) in [4.78, 5) is 24.9. The molecule has 22 heavy (non-hydrogen) atoms. The first kappa shape index (κ1) is 16.3. The lowest BCUT2D eigenvalue weighted by Crippen LogP contribution is -2.34. The van der Waals surface area contributed by atoms with Gasteiger partial charge in [0.05, 0.1) is 12.5 Å². The van der Waals surface area contributed by atoms with Gasteiger partial charge in [0.1, 0.15) is 0 Å². The van der Waals surface area contributed by atoms with Crippen LogP contribution in [-0.2, 0) is 16.0 Å². The van der Waals surface area contributed by atoms with E-state index in [9.17, 15) is 14.0 Å². The molecule has 0 spiro atoms. The number of halogens is 1. The minimum Gasteiger partial charge on any atom is -0.494 e. The van der Waals surface area contributed by atoms with Crippen molar-refractivity contribution in [3.8, 4) is 5.75 Å². The van der Waals surface area contributed by atoms with Gasteiger partial charge in [-0.25, -0.2) is 4.39 Å². The summed E-state index contributed by atoms with van der Waals surface area (Å²) in [5.74, 6) is -1.25. The fraction of sp³-hybridized carbons (Fsp3) is 0.500. The zero-order valence-electron chi connectivity index (χ0n) is 12.8. The maximum Gasteiger partial charge on any atom is 0.311 e. The van der Waals surface area contributed by atoms with E-state index in [1.807, 2.05) is 0 Å². The Hall–Kier alpha value is -2.11. The van der Waals surface area contributed by atoms with Crippen LogP contribution in [0.5, 0.6) is 5.75 Å². The zero-order chi connectivity index (χ0) is 16.3. The molecule has 1 atom stereocenters. The molecule has 0 aliphatic carbocycles. The molecule has 120 valence electrons. The number of carbonyl (C=O) groups is 2. The summed E-state index contributed by atoms with van der Waals surface area (Å²) in [6, 6.07) is 4.62. The maximum absolute atomic E-state index is 13.6. The third kappa shape index (κ3) is 3.37. The molecule has 0 aromatic heterocycles. The van der Waals surface area contributed by atoms with Crippen molar-refractivity contribution >= 4 is 11.9 Å². The second kappa shape index (κ2) is 6.34. The summed E-state index contributed by atoms with van der Waals surface area (Å²) in [6.07, 6.45) is 1.12. The Kier molecular flexibility index (Phi) is 4.68. The Bertz CT molecular complexity index is 590. The Morgan fingerprint density at radius 3 is 2.73 bits per heavy atom. The summed E-state index contributed by atoms with van der Waals surface area (Å²) in [5.41, 5.74) is -0.145. The van der Waals surface area contributed by atoms with Gasteiger partial charge in [-0.1, -0.05) is 6.07 Å². The Labute approximate surface area is 128 Å². The Morgan fingerprint density at radius 1 is 1.45 bits per heavy atom. The molecule has 0 unspecified atom stereocenters. The van der Waals surface area contributed by atoms with Crippen molar-refractivity contribution in [2.24, 2.45) is 5.41 Å². The number of benzene rings is 1. The Morgan fingerprint density at radius 2 is 2.18 bits per heavy atom. The number of ether oxygens (including phenoxy) is 1. The number of methoxy groups -OCH3 is 1. The molecule has 1 fully saturated rings. The molecule has 5 nitrogen and oxygen atoms in total. The lowest BCUT2D eigenvalue weighted by atomic mass is 9.90. The molecule has 0 bridgehead atoms. The number of aliphatic carboxylic acids is 1. The third-order valence-corrected chi connectivity index (χ3v) is 4.19. The first-order valence-corrected chi connectivity index (χ1v) is 7.19. The number of hydrogen-bond donors (Lipinski definition) is 1. The topological polar surface area (TPSA) is 66.8 Å². The molecular weight excluding hydrogens is 289 g/mol. The van der Waals surface area contributed by atoms with E-state index in [0.717, 1.165) is 0 Å². The first-order valence-electron chi connectivity index (χ1n) is 7.19.